The normalized spacial score (nSPS) is 12.5. The van der Waals surface area contributed by atoms with Crippen molar-refractivity contribution in [2.24, 2.45) is 0 Å². The number of hydrogen-bond acceptors (Lipinski definition) is 4. The van der Waals surface area contributed by atoms with Gasteiger partial charge in [0.05, 0.1) is 16.8 Å². The van der Waals surface area contributed by atoms with Crippen LogP contribution >= 0.6 is 0 Å². The zero-order valence-electron chi connectivity index (χ0n) is 9.55. The Morgan fingerprint density at radius 3 is 1.76 bits per heavy atom. The summed E-state index contributed by atoms with van der Waals surface area (Å²) in [4.78, 5) is -0.258. The SMILES string of the molecule is Cc1cc(S(=O)(=O)O)cc(C)c1NS(C)(=O)=O. The van der Waals surface area contributed by atoms with E-state index in [0.29, 0.717) is 16.8 Å². The molecule has 0 radical (unpaired) electrons. The van der Waals surface area contributed by atoms with Crippen LogP contribution in [0.2, 0.25) is 0 Å². The molecule has 0 amide bonds. The third-order valence-electron chi connectivity index (χ3n) is 2.09. The van der Waals surface area contributed by atoms with Gasteiger partial charge in [-0.1, -0.05) is 0 Å². The van der Waals surface area contributed by atoms with Crippen molar-refractivity contribution in [3.63, 3.8) is 0 Å². The van der Waals surface area contributed by atoms with Crippen molar-refractivity contribution in [1.82, 2.24) is 0 Å². The molecule has 0 heterocycles. The number of nitrogens with one attached hydrogen (secondary N) is 1. The van der Waals surface area contributed by atoms with Gasteiger partial charge in [0.25, 0.3) is 10.1 Å². The average molecular weight is 279 g/mol. The highest BCUT2D eigenvalue weighted by Gasteiger charge is 2.15. The first-order valence-corrected chi connectivity index (χ1v) is 7.90. The summed E-state index contributed by atoms with van der Waals surface area (Å²) < 4.78 is 55.3. The fourth-order valence-corrected chi connectivity index (χ4v) is 2.76. The summed E-state index contributed by atoms with van der Waals surface area (Å²) in [6, 6.07) is 2.41. The van der Waals surface area contributed by atoms with Crippen LogP contribution in [-0.4, -0.2) is 27.6 Å². The van der Waals surface area contributed by atoms with Gasteiger partial charge in [-0.15, -0.1) is 0 Å². The molecule has 1 aromatic carbocycles. The Kier molecular flexibility index (Phi) is 3.51. The minimum atomic E-state index is -4.29. The Hall–Kier alpha value is -1.12. The second kappa shape index (κ2) is 4.28. The topological polar surface area (TPSA) is 101 Å². The predicted octanol–water partition coefficient (Wildman–Crippen LogP) is 0.922. The largest absolute Gasteiger partial charge is 0.294 e. The first-order valence-electron chi connectivity index (χ1n) is 4.57. The predicted molar refractivity (Wildman–Crippen MR) is 64.2 cm³/mol. The van der Waals surface area contributed by atoms with Gasteiger partial charge in [0.1, 0.15) is 0 Å². The minimum Gasteiger partial charge on any atom is -0.283 e. The van der Waals surface area contributed by atoms with E-state index in [-0.39, 0.29) is 4.90 Å². The molecular formula is C9H13NO5S2. The fraction of sp³-hybridized carbons (Fsp3) is 0.333. The highest BCUT2D eigenvalue weighted by molar-refractivity contribution is 7.92. The molecule has 0 aliphatic rings. The third-order valence-corrected chi connectivity index (χ3v) is 3.50. The summed E-state index contributed by atoms with van der Waals surface area (Å²) in [6.45, 7) is 3.10. The van der Waals surface area contributed by atoms with Gasteiger partial charge in [-0.05, 0) is 37.1 Å². The maximum atomic E-state index is 11.1. The maximum Gasteiger partial charge on any atom is 0.294 e. The number of aryl methyl sites for hydroxylation is 2. The second-order valence-electron chi connectivity index (χ2n) is 3.78. The Labute approximate surface area is 100 Å². The molecule has 96 valence electrons. The van der Waals surface area contributed by atoms with Crippen molar-refractivity contribution in [3.05, 3.63) is 23.3 Å². The van der Waals surface area contributed by atoms with Gasteiger partial charge < -0.3 is 0 Å². The lowest BCUT2D eigenvalue weighted by atomic mass is 10.1. The van der Waals surface area contributed by atoms with Crippen molar-refractivity contribution < 1.29 is 21.4 Å². The summed E-state index contributed by atoms with van der Waals surface area (Å²) >= 11 is 0. The van der Waals surface area contributed by atoms with Gasteiger partial charge in [-0.25, -0.2) is 8.42 Å². The van der Waals surface area contributed by atoms with Crippen LogP contribution in [0.1, 0.15) is 11.1 Å². The lowest BCUT2D eigenvalue weighted by Crippen LogP contribution is -2.12. The van der Waals surface area contributed by atoms with Gasteiger partial charge in [0.15, 0.2) is 0 Å². The van der Waals surface area contributed by atoms with E-state index in [1.54, 1.807) is 13.8 Å². The molecule has 0 atom stereocenters. The van der Waals surface area contributed by atoms with Crippen molar-refractivity contribution in [3.8, 4) is 0 Å². The zero-order valence-corrected chi connectivity index (χ0v) is 11.2. The van der Waals surface area contributed by atoms with Gasteiger partial charge in [0, 0.05) is 0 Å². The summed E-state index contributed by atoms with van der Waals surface area (Å²) in [6.07, 6.45) is 1.00. The van der Waals surface area contributed by atoms with E-state index >= 15 is 0 Å². The molecule has 0 aromatic heterocycles. The van der Waals surface area contributed by atoms with E-state index < -0.39 is 20.1 Å². The third kappa shape index (κ3) is 3.69. The first kappa shape index (κ1) is 13.9. The molecule has 1 rings (SSSR count). The summed E-state index contributed by atoms with van der Waals surface area (Å²) in [5.74, 6) is 0. The summed E-state index contributed by atoms with van der Waals surface area (Å²) in [7, 11) is -7.72. The monoisotopic (exact) mass is 279 g/mol. The Morgan fingerprint density at radius 1 is 1.06 bits per heavy atom. The van der Waals surface area contributed by atoms with Crippen LogP contribution in [0.25, 0.3) is 0 Å². The summed E-state index contributed by atoms with van der Waals surface area (Å²) in [5, 5.41) is 0. The molecule has 0 aliphatic carbocycles. The van der Waals surface area contributed by atoms with Gasteiger partial charge >= 0.3 is 0 Å². The van der Waals surface area contributed by atoms with Crippen LogP contribution in [-0.2, 0) is 20.1 Å². The van der Waals surface area contributed by atoms with E-state index in [1.165, 1.54) is 12.1 Å². The van der Waals surface area contributed by atoms with Gasteiger partial charge in [-0.3, -0.25) is 9.27 Å². The zero-order chi connectivity index (χ0) is 13.4. The van der Waals surface area contributed by atoms with Crippen molar-refractivity contribution >= 4 is 25.8 Å². The smallest absolute Gasteiger partial charge is 0.283 e. The maximum absolute atomic E-state index is 11.1. The van der Waals surface area contributed by atoms with Gasteiger partial charge in [0.2, 0.25) is 10.0 Å². The molecular weight excluding hydrogens is 266 g/mol. The van der Waals surface area contributed by atoms with Crippen LogP contribution in [0.4, 0.5) is 5.69 Å². The Morgan fingerprint density at radius 2 is 1.47 bits per heavy atom. The molecule has 1 aromatic rings. The Balaban J connectivity index is 3.40. The van der Waals surface area contributed by atoms with Gasteiger partial charge in [-0.2, -0.15) is 8.42 Å². The molecule has 0 bridgehead atoms. The van der Waals surface area contributed by atoms with Crippen LogP contribution in [0.15, 0.2) is 17.0 Å². The number of hydrogen-bond donors (Lipinski definition) is 2. The fourth-order valence-electron chi connectivity index (χ4n) is 1.42. The molecule has 0 unspecified atom stereocenters. The molecule has 17 heavy (non-hydrogen) atoms. The van der Waals surface area contributed by atoms with Crippen LogP contribution in [0.3, 0.4) is 0 Å². The lowest BCUT2D eigenvalue weighted by Gasteiger charge is -2.12. The van der Waals surface area contributed by atoms with Crippen molar-refractivity contribution in [2.75, 3.05) is 11.0 Å². The molecule has 8 heteroatoms. The molecule has 2 N–H and O–H groups in total. The highest BCUT2D eigenvalue weighted by atomic mass is 32.2. The van der Waals surface area contributed by atoms with Crippen LogP contribution < -0.4 is 4.72 Å². The second-order valence-corrected chi connectivity index (χ2v) is 6.95. The average Bonchev–Trinajstić information content (AvgIpc) is 2.07. The molecule has 0 spiro atoms. The van der Waals surface area contributed by atoms with E-state index in [1.807, 2.05) is 0 Å². The Bertz CT molecular complexity index is 623. The van der Waals surface area contributed by atoms with E-state index in [0.717, 1.165) is 6.26 Å². The first-order chi connectivity index (χ1) is 7.50. The molecule has 0 fully saturated rings. The van der Waals surface area contributed by atoms with Crippen molar-refractivity contribution in [1.29, 1.82) is 0 Å². The highest BCUT2D eigenvalue weighted by Crippen LogP contribution is 2.25. The number of benzene rings is 1. The van der Waals surface area contributed by atoms with E-state index in [2.05, 4.69) is 4.72 Å². The van der Waals surface area contributed by atoms with E-state index in [9.17, 15) is 16.8 Å². The molecule has 6 nitrogen and oxygen atoms in total. The molecule has 0 saturated heterocycles. The number of anilines is 1. The quantitative estimate of drug-likeness (QED) is 0.801. The number of rotatable bonds is 3. The van der Waals surface area contributed by atoms with Crippen molar-refractivity contribution in [2.45, 2.75) is 18.7 Å². The van der Waals surface area contributed by atoms with Crippen LogP contribution in [0, 0.1) is 13.8 Å². The molecule has 0 saturated carbocycles. The van der Waals surface area contributed by atoms with E-state index in [4.69, 9.17) is 4.55 Å². The summed E-state index contributed by atoms with van der Waals surface area (Å²) in [5.41, 5.74) is 1.16. The minimum absolute atomic E-state index is 0.258. The number of sulfonamides is 1. The molecule has 0 aliphatic heterocycles. The standard InChI is InChI=1S/C9H13NO5S2/c1-6-4-8(17(13,14)15)5-7(2)9(6)10-16(3,11)12/h4-5,10H,1-3H3,(H,13,14,15). The van der Waals surface area contributed by atoms with Crippen LogP contribution in [0.5, 0.6) is 0 Å². The lowest BCUT2D eigenvalue weighted by molar-refractivity contribution is 0.483.